The summed E-state index contributed by atoms with van der Waals surface area (Å²) in [5.41, 5.74) is -0.439. The van der Waals surface area contributed by atoms with Crippen molar-refractivity contribution in [3.63, 3.8) is 0 Å². The fraction of sp³-hybridized carbons (Fsp3) is 0.947. The van der Waals surface area contributed by atoms with Gasteiger partial charge in [0.2, 0.25) is 0 Å². The number of rotatable bonds is 5. The maximum atomic E-state index is 12.5. The Morgan fingerprint density at radius 3 is 2.16 bits per heavy atom. The van der Waals surface area contributed by atoms with Crippen molar-refractivity contribution >= 4 is 17.5 Å². The van der Waals surface area contributed by atoms with Crippen molar-refractivity contribution in [2.75, 3.05) is 13.1 Å². The number of hydrogen-bond acceptors (Lipinski definition) is 4. The van der Waals surface area contributed by atoms with Crippen LogP contribution in [-0.4, -0.2) is 45.0 Å². The van der Waals surface area contributed by atoms with E-state index in [1.807, 2.05) is 46.4 Å². The Labute approximate surface area is 156 Å². The normalized spacial score (nSPS) is 22.6. The van der Waals surface area contributed by atoms with E-state index in [1.54, 1.807) is 0 Å². The molecule has 0 spiro atoms. The van der Waals surface area contributed by atoms with Gasteiger partial charge in [0.15, 0.2) is 0 Å². The predicted molar refractivity (Wildman–Crippen MR) is 103 cm³/mol. The standard InChI is InChI=1S/C19H36N2O3S/c1-18(2,3)24-17(22)21-11-9-14(10-12-21)13-16(15-7-8-15)20-25(23)19(4,5)6/h14-16,20H,7-13H2,1-6H3. The molecule has 146 valence electrons. The van der Waals surface area contributed by atoms with Crippen molar-refractivity contribution in [2.45, 2.75) is 90.0 Å². The lowest BCUT2D eigenvalue weighted by Gasteiger charge is -2.35. The molecule has 2 unspecified atom stereocenters. The average Bonchev–Trinajstić information content (AvgIpc) is 3.29. The van der Waals surface area contributed by atoms with Gasteiger partial charge in [0.1, 0.15) is 10.3 Å². The Morgan fingerprint density at radius 1 is 1.16 bits per heavy atom. The quantitative estimate of drug-likeness (QED) is 0.745. The van der Waals surface area contributed by atoms with E-state index in [2.05, 4.69) is 4.72 Å². The summed E-state index contributed by atoms with van der Waals surface area (Å²) in [5.74, 6) is 1.27. The van der Waals surface area contributed by atoms with Gasteiger partial charge in [-0.05, 0) is 85.5 Å². The van der Waals surface area contributed by atoms with Crippen LogP contribution in [0.5, 0.6) is 0 Å². The molecule has 2 rings (SSSR count). The van der Waals surface area contributed by atoms with Crippen molar-refractivity contribution < 1.29 is 14.1 Å². The molecule has 2 atom stereocenters. The SMILES string of the molecule is CC(C)(C)OC(=O)N1CCC(CC(N[S+]([O-])C(C)(C)C)C2CC2)CC1. The lowest BCUT2D eigenvalue weighted by atomic mass is 9.89. The van der Waals surface area contributed by atoms with Crippen LogP contribution in [0.2, 0.25) is 0 Å². The van der Waals surface area contributed by atoms with Gasteiger partial charge >= 0.3 is 6.09 Å². The van der Waals surface area contributed by atoms with Gasteiger partial charge in [-0.25, -0.2) is 4.79 Å². The Morgan fingerprint density at radius 2 is 1.72 bits per heavy atom. The first kappa shape index (κ1) is 20.8. The third-order valence-corrected chi connectivity index (χ3v) is 6.49. The van der Waals surface area contributed by atoms with E-state index in [0.29, 0.717) is 17.9 Å². The average molecular weight is 373 g/mol. The van der Waals surface area contributed by atoms with Crippen LogP contribution in [0.15, 0.2) is 0 Å². The highest BCUT2D eigenvalue weighted by Crippen LogP contribution is 2.38. The van der Waals surface area contributed by atoms with Gasteiger partial charge in [0.05, 0.1) is 6.04 Å². The number of likely N-dealkylation sites (tertiary alicyclic amines) is 1. The van der Waals surface area contributed by atoms with Gasteiger partial charge in [-0.1, -0.05) is 0 Å². The smallest absolute Gasteiger partial charge is 0.410 e. The first-order valence-corrected chi connectivity index (χ1v) is 10.8. The zero-order valence-corrected chi connectivity index (χ0v) is 17.6. The number of carbonyl (C=O) groups is 1. The van der Waals surface area contributed by atoms with Crippen LogP contribution in [0.4, 0.5) is 4.79 Å². The summed E-state index contributed by atoms with van der Waals surface area (Å²) < 4.78 is 21.1. The summed E-state index contributed by atoms with van der Waals surface area (Å²) in [6, 6.07) is 0.345. The lowest BCUT2D eigenvalue weighted by molar-refractivity contribution is 0.0178. The van der Waals surface area contributed by atoms with E-state index < -0.39 is 17.0 Å². The summed E-state index contributed by atoms with van der Waals surface area (Å²) in [6.45, 7) is 13.3. The second-order valence-corrected chi connectivity index (χ2v) is 11.6. The summed E-state index contributed by atoms with van der Waals surface area (Å²) in [6.07, 6.45) is 5.37. The molecule has 1 heterocycles. The maximum absolute atomic E-state index is 12.5. The van der Waals surface area contributed by atoms with E-state index in [4.69, 9.17) is 4.74 Å². The van der Waals surface area contributed by atoms with Crippen LogP contribution >= 0.6 is 0 Å². The molecule has 0 aromatic carbocycles. The Kier molecular flexibility index (Phi) is 6.71. The highest BCUT2D eigenvalue weighted by molar-refractivity contribution is 7.90. The highest BCUT2D eigenvalue weighted by atomic mass is 32.2. The third kappa shape index (κ3) is 6.99. The van der Waals surface area contributed by atoms with Gasteiger partial charge in [-0.2, -0.15) is 0 Å². The number of hydrogen-bond donors (Lipinski definition) is 1. The van der Waals surface area contributed by atoms with Crippen molar-refractivity contribution in [3.05, 3.63) is 0 Å². The minimum absolute atomic E-state index is 0.198. The van der Waals surface area contributed by atoms with Gasteiger partial charge in [-0.15, -0.1) is 4.72 Å². The van der Waals surface area contributed by atoms with Crippen LogP contribution in [0.3, 0.4) is 0 Å². The van der Waals surface area contributed by atoms with Crippen molar-refractivity contribution in [1.82, 2.24) is 9.62 Å². The number of piperidine rings is 1. The zero-order chi connectivity index (χ0) is 18.8. The first-order chi connectivity index (χ1) is 11.5. The molecule has 0 bridgehead atoms. The first-order valence-electron chi connectivity index (χ1n) is 9.61. The summed E-state index contributed by atoms with van der Waals surface area (Å²) in [7, 11) is 0. The molecule has 1 N–H and O–H groups in total. The largest absolute Gasteiger partial charge is 0.598 e. The molecule has 1 saturated heterocycles. The highest BCUT2D eigenvalue weighted by Gasteiger charge is 2.39. The minimum atomic E-state index is -1.01. The van der Waals surface area contributed by atoms with Crippen molar-refractivity contribution in [1.29, 1.82) is 0 Å². The minimum Gasteiger partial charge on any atom is -0.598 e. The summed E-state index contributed by atoms with van der Waals surface area (Å²) >= 11 is -1.01. The van der Waals surface area contributed by atoms with Gasteiger partial charge in [0, 0.05) is 24.5 Å². The molecule has 1 aliphatic carbocycles. The van der Waals surface area contributed by atoms with Crippen LogP contribution in [0.25, 0.3) is 0 Å². The number of amides is 1. The molecule has 2 aliphatic rings. The van der Waals surface area contributed by atoms with E-state index in [0.717, 1.165) is 32.4 Å². The van der Waals surface area contributed by atoms with E-state index in [1.165, 1.54) is 12.8 Å². The van der Waals surface area contributed by atoms with Crippen LogP contribution in [-0.2, 0) is 16.1 Å². The number of ether oxygens (including phenoxy) is 1. The predicted octanol–water partition coefficient (Wildman–Crippen LogP) is 3.85. The van der Waals surface area contributed by atoms with E-state index >= 15 is 0 Å². The molecular weight excluding hydrogens is 336 g/mol. The van der Waals surface area contributed by atoms with Gasteiger partial charge in [0.25, 0.3) is 0 Å². The monoisotopic (exact) mass is 372 g/mol. The van der Waals surface area contributed by atoms with Crippen LogP contribution < -0.4 is 4.72 Å². The van der Waals surface area contributed by atoms with Gasteiger partial charge < -0.3 is 14.2 Å². The molecule has 0 aromatic rings. The molecule has 0 aromatic heterocycles. The van der Waals surface area contributed by atoms with E-state index in [9.17, 15) is 9.35 Å². The molecule has 1 saturated carbocycles. The van der Waals surface area contributed by atoms with Crippen LogP contribution in [0, 0.1) is 11.8 Å². The molecule has 25 heavy (non-hydrogen) atoms. The van der Waals surface area contributed by atoms with Crippen LogP contribution in [0.1, 0.15) is 73.6 Å². The molecular formula is C19H36N2O3S. The summed E-state index contributed by atoms with van der Waals surface area (Å²) in [4.78, 5) is 14.0. The molecule has 5 nitrogen and oxygen atoms in total. The fourth-order valence-corrected chi connectivity index (χ4v) is 4.10. The lowest BCUT2D eigenvalue weighted by Crippen LogP contribution is -2.47. The van der Waals surface area contributed by atoms with Crippen molar-refractivity contribution in [2.24, 2.45) is 11.8 Å². The van der Waals surface area contributed by atoms with Gasteiger partial charge in [-0.3, -0.25) is 0 Å². The molecule has 0 radical (unpaired) electrons. The van der Waals surface area contributed by atoms with E-state index in [-0.39, 0.29) is 10.8 Å². The molecule has 1 amide bonds. The molecule has 1 aliphatic heterocycles. The molecule has 2 fully saturated rings. The Hall–Kier alpha value is -0.460. The second-order valence-electron chi connectivity index (χ2n) is 9.59. The topological polar surface area (TPSA) is 64.6 Å². The molecule has 6 heteroatoms. The second kappa shape index (κ2) is 8.05. The summed E-state index contributed by atoms with van der Waals surface area (Å²) in [5, 5.41) is 0. The zero-order valence-electron chi connectivity index (χ0n) is 16.8. The maximum Gasteiger partial charge on any atom is 0.410 e. The Bertz CT molecular complexity index is 447. The number of carbonyl (C=O) groups excluding carboxylic acids is 1. The Balaban J connectivity index is 1.80. The third-order valence-electron chi connectivity index (χ3n) is 4.86. The fourth-order valence-electron chi connectivity index (χ4n) is 3.19. The number of nitrogens with one attached hydrogen (secondary N) is 1. The number of nitrogens with zero attached hydrogens (tertiary/aromatic N) is 1. The van der Waals surface area contributed by atoms with Crippen molar-refractivity contribution in [3.8, 4) is 0 Å².